The summed E-state index contributed by atoms with van der Waals surface area (Å²) in [7, 11) is 0. The van der Waals surface area contributed by atoms with E-state index in [0.29, 0.717) is 0 Å². The van der Waals surface area contributed by atoms with Gasteiger partial charge in [-0.15, -0.1) is 0 Å². The van der Waals surface area contributed by atoms with Gasteiger partial charge < -0.3 is 11.1 Å². The second-order valence-corrected chi connectivity index (χ2v) is 4.34. The maximum atomic E-state index is 10.8. The van der Waals surface area contributed by atoms with Crippen molar-refractivity contribution in [2.45, 2.75) is 31.6 Å². The molecule has 0 aliphatic heterocycles. The van der Waals surface area contributed by atoms with Crippen molar-refractivity contribution >= 4 is 24.4 Å². The molecule has 70 valence electrons. The zero-order valence-electron chi connectivity index (χ0n) is 7.42. The Morgan fingerprint density at radius 3 is 2.00 bits per heavy atom. The lowest BCUT2D eigenvalue weighted by Gasteiger charge is -2.27. The van der Waals surface area contributed by atoms with Gasteiger partial charge in [0, 0.05) is 11.7 Å². The summed E-state index contributed by atoms with van der Waals surface area (Å²) in [6, 6.07) is -0.738. The van der Waals surface area contributed by atoms with Crippen LogP contribution in [0, 0.1) is 0 Å². The SMILES string of the molecule is CC(=O)N[C@H](C(N)=O)C(C)(C)S. The van der Waals surface area contributed by atoms with Gasteiger partial charge in [0.1, 0.15) is 6.04 Å². The van der Waals surface area contributed by atoms with E-state index in [-0.39, 0.29) is 5.91 Å². The second-order valence-electron chi connectivity index (χ2n) is 3.19. The molecule has 0 fully saturated rings. The summed E-state index contributed by atoms with van der Waals surface area (Å²) in [5, 5.41) is 2.43. The molecule has 4 nitrogen and oxygen atoms in total. The van der Waals surface area contributed by atoms with Crippen LogP contribution in [0.4, 0.5) is 0 Å². The van der Waals surface area contributed by atoms with E-state index < -0.39 is 16.7 Å². The molecule has 3 N–H and O–H groups in total. The molecule has 0 bridgehead atoms. The van der Waals surface area contributed by atoms with E-state index in [1.807, 2.05) is 0 Å². The van der Waals surface area contributed by atoms with Crippen LogP contribution in [0.5, 0.6) is 0 Å². The highest BCUT2D eigenvalue weighted by Crippen LogP contribution is 2.16. The smallest absolute Gasteiger partial charge is 0.241 e. The number of thiol groups is 1. The van der Waals surface area contributed by atoms with Gasteiger partial charge in [-0.3, -0.25) is 9.59 Å². The average Bonchev–Trinajstić information content (AvgIpc) is 1.79. The Balaban J connectivity index is 4.46. The van der Waals surface area contributed by atoms with Gasteiger partial charge in [-0.25, -0.2) is 0 Å². The summed E-state index contributed by atoms with van der Waals surface area (Å²) in [4.78, 5) is 21.5. The fourth-order valence-corrected chi connectivity index (χ4v) is 0.991. The van der Waals surface area contributed by atoms with E-state index in [4.69, 9.17) is 5.73 Å². The van der Waals surface area contributed by atoms with Crippen LogP contribution in [0.3, 0.4) is 0 Å². The summed E-state index contributed by atoms with van der Waals surface area (Å²) in [5.41, 5.74) is 5.07. The number of rotatable bonds is 3. The number of primary amides is 1. The first-order valence-corrected chi connectivity index (χ1v) is 3.98. The highest BCUT2D eigenvalue weighted by molar-refractivity contribution is 7.81. The Morgan fingerprint density at radius 1 is 1.50 bits per heavy atom. The zero-order valence-corrected chi connectivity index (χ0v) is 8.31. The summed E-state index contributed by atoms with van der Waals surface area (Å²) >= 11 is 4.15. The van der Waals surface area contributed by atoms with Crippen molar-refractivity contribution in [3.05, 3.63) is 0 Å². The molecule has 0 saturated heterocycles. The van der Waals surface area contributed by atoms with E-state index in [0.717, 1.165) is 0 Å². The monoisotopic (exact) mass is 190 g/mol. The predicted octanol–water partition coefficient (Wildman–Crippen LogP) is -0.315. The molecule has 0 radical (unpaired) electrons. The average molecular weight is 190 g/mol. The number of amides is 2. The highest BCUT2D eigenvalue weighted by atomic mass is 32.1. The molecular weight excluding hydrogens is 176 g/mol. The van der Waals surface area contributed by atoms with Crippen LogP contribution in [-0.4, -0.2) is 22.6 Å². The van der Waals surface area contributed by atoms with Gasteiger partial charge in [-0.1, -0.05) is 0 Å². The summed E-state index contributed by atoms with van der Waals surface area (Å²) in [5.74, 6) is -0.869. The molecule has 1 atom stereocenters. The number of hydrogen-bond acceptors (Lipinski definition) is 3. The van der Waals surface area contributed by atoms with Gasteiger partial charge in [0.2, 0.25) is 11.8 Å². The first-order chi connectivity index (χ1) is 5.25. The van der Waals surface area contributed by atoms with Gasteiger partial charge in [-0.05, 0) is 13.8 Å². The maximum absolute atomic E-state index is 10.8. The third-order valence-corrected chi connectivity index (χ3v) is 1.60. The van der Waals surface area contributed by atoms with E-state index in [1.165, 1.54) is 6.92 Å². The predicted molar refractivity (Wildman–Crippen MR) is 49.9 cm³/mol. The largest absolute Gasteiger partial charge is 0.368 e. The Hall–Kier alpha value is -0.710. The van der Waals surface area contributed by atoms with Crippen LogP contribution < -0.4 is 11.1 Å². The van der Waals surface area contributed by atoms with E-state index in [2.05, 4.69) is 17.9 Å². The fraction of sp³-hybridized carbons (Fsp3) is 0.714. The van der Waals surface area contributed by atoms with Crippen molar-refractivity contribution in [3.8, 4) is 0 Å². The molecule has 0 aromatic carbocycles. The molecule has 2 amide bonds. The highest BCUT2D eigenvalue weighted by Gasteiger charge is 2.30. The molecule has 0 heterocycles. The number of nitrogens with one attached hydrogen (secondary N) is 1. The Bertz CT molecular complexity index is 198. The first-order valence-electron chi connectivity index (χ1n) is 3.54. The summed E-state index contributed by atoms with van der Waals surface area (Å²) in [6.45, 7) is 4.75. The van der Waals surface area contributed by atoms with Crippen molar-refractivity contribution in [2.24, 2.45) is 5.73 Å². The Labute approximate surface area is 77.3 Å². The van der Waals surface area contributed by atoms with Gasteiger partial charge in [0.25, 0.3) is 0 Å². The third-order valence-electron chi connectivity index (χ3n) is 1.34. The molecule has 0 aliphatic rings. The minimum Gasteiger partial charge on any atom is -0.368 e. The molecule has 12 heavy (non-hydrogen) atoms. The minimum atomic E-state index is -0.738. The Kier molecular flexibility index (Phi) is 3.57. The molecule has 0 aromatic rings. The standard InChI is InChI=1S/C7H14N2O2S/c1-4(10)9-5(6(8)11)7(2,3)12/h5,12H,1-3H3,(H2,8,11)(H,9,10)/t5-/m1/s1. The zero-order chi connectivity index (χ0) is 9.94. The topological polar surface area (TPSA) is 72.2 Å². The normalized spacial score (nSPS) is 13.7. The van der Waals surface area contributed by atoms with Crippen molar-refractivity contribution in [1.29, 1.82) is 0 Å². The van der Waals surface area contributed by atoms with Crippen LogP contribution in [-0.2, 0) is 9.59 Å². The second kappa shape index (κ2) is 3.80. The van der Waals surface area contributed by atoms with E-state index in [9.17, 15) is 9.59 Å². The third kappa shape index (κ3) is 3.61. The lowest BCUT2D eigenvalue weighted by molar-refractivity contribution is -0.126. The molecule has 5 heteroatoms. The maximum Gasteiger partial charge on any atom is 0.241 e. The summed E-state index contributed by atoms with van der Waals surface area (Å²) < 4.78 is -0.641. The van der Waals surface area contributed by atoms with Crippen LogP contribution >= 0.6 is 12.6 Å². The molecule has 0 spiro atoms. The fourth-order valence-electron chi connectivity index (χ4n) is 0.799. The van der Waals surface area contributed by atoms with Gasteiger partial charge in [0.05, 0.1) is 0 Å². The lowest BCUT2D eigenvalue weighted by Crippen LogP contribution is -2.53. The van der Waals surface area contributed by atoms with Crippen LogP contribution in [0.2, 0.25) is 0 Å². The molecule has 0 unspecified atom stereocenters. The van der Waals surface area contributed by atoms with Crippen LogP contribution in [0.1, 0.15) is 20.8 Å². The first kappa shape index (κ1) is 11.3. The number of nitrogens with two attached hydrogens (primary N) is 1. The quantitative estimate of drug-likeness (QED) is 0.534. The molecular formula is C7H14N2O2S. The minimum absolute atomic E-state index is 0.291. The van der Waals surface area contributed by atoms with E-state index in [1.54, 1.807) is 13.8 Å². The van der Waals surface area contributed by atoms with Crippen molar-refractivity contribution in [3.63, 3.8) is 0 Å². The summed E-state index contributed by atoms with van der Waals surface area (Å²) in [6.07, 6.45) is 0. The number of carbonyl (C=O) groups is 2. The molecule has 0 saturated carbocycles. The molecule has 0 aliphatic carbocycles. The lowest BCUT2D eigenvalue weighted by atomic mass is 10.0. The van der Waals surface area contributed by atoms with Crippen molar-refractivity contribution in [1.82, 2.24) is 5.32 Å². The molecule has 0 rings (SSSR count). The van der Waals surface area contributed by atoms with Crippen molar-refractivity contribution in [2.75, 3.05) is 0 Å². The van der Waals surface area contributed by atoms with Gasteiger partial charge in [0.15, 0.2) is 0 Å². The van der Waals surface area contributed by atoms with Gasteiger partial charge >= 0.3 is 0 Å². The van der Waals surface area contributed by atoms with Crippen LogP contribution in [0.25, 0.3) is 0 Å². The van der Waals surface area contributed by atoms with Gasteiger partial charge in [-0.2, -0.15) is 12.6 Å². The van der Waals surface area contributed by atoms with Crippen LogP contribution in [0.15, 0.2) is 0 Å². The molecule has 0 aromatic heterocycles. The number of carbonyl (C=O) groups excluding carboxylic acids is 2. The Morgan fingerprint density at radius 2 is 1.92 bits per heavy atom. The number of hydrogen-bond donors (Lipinski definition) is 3. The van der Waals surface area contributed by atoms with E-state index >= 15 is 0 Å². The van der Waals surface area contributed by atoms with Crippen molar-refractivity contribution < 1.29 is 9.59 Å².